The number of hydrogen-bond acceptors (Lipinski definition) is 5. The SMILES string of the molecule is CCNC(C)c1nnc(N2CCCCC2C)o1. The van der Waals surface area contributed by atoms with Crippen molar-refractivity contribution in [1.29, 1.82) is 0 Å². The van der Waals surface area contributed by atoms with E-state index in [1.54, 1.807) is 0 Å². The largest absolute Gasteiger partial charge is 0.406 e. The van der Waals surface area contributed by atoms with Crippen molar-refractivity contribution in [2.45, 2.75) is 52.1 Å². The van der Waals surface area contributed by atoms with Gasteiger partial charge in [0.2, 0.25) is 5.89 Å². The van der Waals surface area contributed by atoms with Crippen LogP contribution in [0, 0.1) is 0 Å². The molecule has 1 aliphatic rings. The Morgan fingerprint density at radius 1 is 1.47 bits per heavy atom. The van der Waals surface area contributed by atoms with Crippen molar-refractivity contribution in [3.63, 3.8) is 0 Å². The predicted octanol–water partition coefficient (Wildman–Crippen LogP) is 2.12. The van der Waals surface area contributed by atoms with Gasteiger partial charge in [0.15, 0.2) is 0 Å². The molecule has 0 amide bonds. The fraction of sp³-hybridized carbons (Fsp3) is 0.833. The number of nitrogens with one attached hydrogen (secondary N) is 1. The third-order valence-corrected chi connectivity index (χ3v) is 3.36. The van der Waals surface area contributed by atoms with Crippen LogP contribution in [0.5, 0.6) is 0 Å². The van der Waals surface area contributed by atoms with Crippen LogP contribution in [-0.4, -0.2) is 29.3 Å². The monoisotopic (exact) mass is 238 g/mol. The van der Waals surface area contributed by atoms with Crippen LogP contribution in [0.15, 0.2) is 4.42 Å². The normalized spacial score (nSPS) is 22.8. The quantitative estimate of drug-likeness (QED) is 0.870. The highest BCUT2D eigenvalue weighted by Gasteiger charge is 2.24. The van der Waals surface area contributed by atoms with Crippen LogP contribution >= 0.6 is 0 Å². The maximum Gasteiger partial charge on any atom is 0.318 e. The third-order valence-electron chi connectivity index (χ3n) is 3.36. The first-order valence-corrected chi connectivity index (χ1v) is 6.55. The Balaban J connectivity index is 2.06. The van der Waals surface area contributed by atoms with Gasteiger partial charge in [0.05, 0.1) is 6.04 Å². The molecule has 96 valence electrons. The Hall–Kier alpha value is -1.10. The molecule has 17 heavy (non-hydrogen) atoms. The van der Waals surface area contributed by atoms with Crippen molar-refractivity contribution in [2.24, 2.45) is 0 Å². The van der Waals surface area contributed by atoms with E-state index >= 15 is 0 Å². The van der Waals surface area contributed by atoms with E-state index in [0.717, 1.165) is 13.1 Å². The lowest BCUT2D eigenvalue weighted by Crippen LogP contribution is -2.37. The van der Waals surface area contributed by atoms with Gasteiger partial charge in [0.25, 0.3) is 0 Å². The number of aromatic nitrogens is 2. The standard InChI is InChI=1S/C12H22N4O/c1-4-13-10(3)11-14-15-12(17-11)16-8-6-5-7-9(16)2/h9-10,13H,4-8H2,1-3H3. The molecule has 2 unspecified atom stereocenters. The minimum atomic E-state index is 0.126. The van der Waals surface area contributed by atoms with Crippen molar-refractivity contribution >= 4 is 6.01 Å². The predicted molar refractivity (Wildman–Crippen MR) is 67.0 cm³/mol. The molecule has 2 atom stereocenters. The number of nitrogens with zero attached hydrogens (tertiary/aromatic N) is 3. The summed E-state index contributed by atoms with van der Waals surface area (Å²) in [5.41, 5.74) is 0. The van der Waals surface area contributed by atoms with Crippen LogP contribution in [0.25, 0.3) is 0 Å². The molecule has 0 bridgehead atoms. The van der Waals surface area contributed by atoms with E-state index in [-0.39, 0.29) is 6.04 Å². The van der Waals surface area contributed by atoms with Gasteiger partial charge in [0.1, 0.15) is 0 Å². The van der Waals surface area contributed by atoms with Crippen molar-refractivity contribution in [3.8, 4) is 0 Å². The molecule has 0 saturated carbocycles. The minimum Gasteiger partial charge on any atom is -0.406 e. The molecule has 5 heteroatoms. The number of hydrogen-bond donors (Lipinski definition) is 1. The van der Waals surface area contributed by atoms with Crippen molar-refractivity contribution < 1.29 is 4.42 Å². The van der Waals surface area contributed by atoms with Crippen LogP contribution in [0.4, 0.5) is 6.01 Å². The minimum absolute atomic E-state index is 0.126. The van der Waals surface area contributed by atoms with Gasteiger partial charge in [0, 0.05) is 12.6 Å². The highest BCUT2D eigenvalue weighted by molar-refractivity contribution is 5.27. The lowest BCUT2D eigenvalue weighted by Gasteiger charge is -2.31. The molecule has 1 saturated heterocycles. The number of rotatable bonds is 4. The summed E-state index contributed by atoms with van der Waals surface area (Å²) >= 11 is 0. The second-order valence-electron chi connectivity index (χ2n) is 4.74. The zero-order valence-corrected chi connectivity index (χ0v) is 10.9. The van der Waals surface area contributed by atoms with E-state index in [1.165, 1.54) is 19.3 Å². The Morgan fingerprint density at radius 3 is 3.00 bits per heavy atom. The Morgan fingerprint density at radius 2 is 2.29 bits per heavy atom. The summed E-state index contributed by atoms with van der Waals surface area (Å²) in [5.74, 6) is 0.680. The lowest BCUT2D eigenvalue weighted by molar-refractivity contribution is 0.393. The van der Waals surface area contributed by atoms with E-state index in [0.29, 0.717) is 17.9 Å². The molecule has 2 rings (SSSR count). The summed E-state index contributed by atoms with van der Waals surface area (Å²) in [6.07, 6.45) is 3.72. The maximum absolute atomic E-state index is 5.75. The number of anilines is 1. The summed E-state index contributed by atoms with van der Waals surface area (Å²) in [7, 11) is 0. The van der Waals surface area contributed by atoms with Crippen LogP contribution < -0.4 is 10.2 Å². The molecule has 1 aromatic heterocycles. The van der Waals surface area contributed by atoms with Crippen LogP contribution in [0.2, 0.25) is 0 Å². The van der Waals surface area contributed by atoms with Crippen molar-refractivity contribution in [2.75, 3.05) is 18.0 Å². The molecular weight excluding hydrogens is 216 g/mol. The summed E-state index contributed by atoms with van der Waals surface area (Å²) in [5, 5.41) is 11.6. The summed E-state index contributed by atoms with van der Waals surface area (Å²) < 4.78 is 5.75. The van der Waals surface area contributed by atoms with Crippen LogP contribution in [0.3, 0.4) is 0 Å². The van der Waals surface area contributed by atoms with Gasteiger partial charge in [-0.25, -0.2) is 0 Å². The highest BCUT2D eigenvalue weighted by atomic mass is 16.4. The summed E-state index contributed by atoms with van der Waals surface area (Å²) in [4.78, 5) is 2.22. The van der Waals surface area contributed by atoms with E-state index in [4.69, 9.17) is 4.42 Å². The molecule has 0 aromatic carbocycles. The van der Waals surface area contributed by atoms with Gasteiger partial charge < -0.3 is 14.6 Å². The Labute approximate surface area is 103 Å². The van der Waals surface area contributed by atoms with Crippen LogP contribution in [-0.2, 0) is 0 Å². The molecule has 1 aromatic rings. The molecule has 1 aliphatic heterocycles. The zero-order valence-electron chi connectivity index (χ0n) is 10.9. The third kappa shape index (κ3) is 2.77. The van der Waals surface area contributed by atoms with E-state index in [9.17, 15) is 0 Å². The highest BCUT2D eigenvalue weighted by Crippen LogP contribution is 2.24. The molecular formula is C12H22N4O. The fourth-order valence-electron chi connectivity index (χ4n) is 2.29. The first-order valence-electron chi connectivity index (χ1n) is 6.55. The fourth-order valence-corrected chi connectivity index (χ4v) is 2.29. The molecule has 1 N–H and O–H groups in total. The Bertz CT molecular complexity index is 352. The molecule has 0 radical (unpaired) electrons. The lowest BCUT2D eigenvalue weighted by atomic mass is 10.0. The summed E-state index contributed by atoms with van der Waals surface area (Å²) in [6, 6.07) is 1.31. The van der Waals surface area contributed by atoms with Gasteiger partial charge in [-0.2, -0.15) is 0 Å². The average molecular weight is 238 g/mol. The molecule has 0 aliphatic carbocycles. The topological polar surface area (TPSA) is 54.2 Å². The van der Waals surface area contributed by atoms with Crippen molar-refractivity contribution in [1.82, 2.24) is 15.5 Å². The zero-order chi connectivity index (χ0) is 12.3. The second kappa shape index (κ2) is 5.49. The van der Waals surface area contributed by atoms with Gasteiger partial charge >= 0.3 is 6.01 Å². The first kappa shape index (κ1) is 12.4. The van der Waals surface area contributed by atoms with Gasteiger partial charge in [-0.05, 0) is 39.7 Å². The molecule has 1 fully saturated rings. The molecule has 5 nitrogen and oxygen atoms in total. The smallest absolute Gasteiger partial charge is 0.318 e. The van der Waals surface area contributed by atoms with Gasteiger partial charge in [-0.15, -0.1) is 5.10 Å². The average Bonchev–Trinajstić information content (AvgIpc) is 2.79. The van der Waals surface area contributed by atoms with Crippen LogP contribution in [0.1, 0.15) is 52.0 Å². The van der Waals surface area contributed by atoms with Crippen molar-refractivity contribution in [3.05, 3.63) is 5.89 Å². The van der Waals surface area contributed by atoms with E-state index < -0.39 is 0 Å². The maximum atomic E-state index is 5.75. The molecule has 0 spiro atoms. The van der Waals surface area contributed by atoms with Gasteiger partial charge in [-0.3, -0.25) is 0 Å². The first-order chi connectivity index (χ1) is 8.22. The summed E-state index contributed by atoms with van der Waals surface area (Å²) in [6.45, 7) is 8.26. The molecule has 2 heterocycles. The van der Waals surface area contributed by atoms with Gasteiger partial charge in [-0.1, -0.05) is 12.0 Å². The second-order valence-corrected chi connectivity index (χ2v) is 4.74. The van der Waals surface area contributed by atoms with E-state index in [1.807, 2.05) is 6.92 Å². The number of piperidine rings is 1. The Kier molecular flexibility index (Phi) is 3.99. The van der Waals surface area contributed by atoms with E-state index in [2.05, 4.69) is 34.3 Å².